The monoisotopic (exact) mass is 373 g/mol. The molecule has 0 radical (unpaired) electrons. The fourth-order valence-corrected chi connectivity index (χ4v) is 3.50. The summed E-state index contributed by atoms with van der Waals surface area (Å²) in [4.78, 5) is 14.3. The molecule has 2 nitrogen and oxygen atoms in total. The van der Waals surface area contributed by atoms with E-state index in [2.05, 4.69) is 24.3 Å². The van der Waals surface area contributed by atoms with E-state index in [4.69, 9.17) is 23.2 Å². The summed E-state index contributed by atoms with van der Waals surface area (Å²) in [6, 6.07) is 15.9. The van der Waals surface area contributed by atoms with Crippen LogP contribution in [-0.4, -0.2) is 23.9 Å². The molecule has 0 bridgehead atoms. The Bertz CT molecular complexity index is 750. The summed E-state index contributed by atoms with van der Waals surface area (Å²) in [5.74, 6) is 0.717. The number of rotatable bonds is 4. The first-order valence-corrected chi connectivity index (χ1v) is 9.33. The lowest BCUT2D eigenvalue weighted by molar-refractivity contribution is -0.127. The van der Waals surface area contributed by atoms with Gasteiger partial charge in [0.15, 0.2) is 0 Å². The highest BCUT2D eigenvalue weighted by Crippen LogP contribution is 2.24. The smallest absolute Gasteiger partial charge is 0.246 e. The van der Waals surface area contributed by atoms with Crippen LogP contribution in [0.4, 0.5) is 0 Å². The fourth-order valence-electron chi connectivity index (χ4n) is 3.19. The van der Waals surface area contributed by atoms with Crippen molar-refractivity contribution in [3.63, 3.8) is 0 Å². The highest BCUT2D eigenvalue weighted by molar-refractivity contribution is 6.42. The molecule has 1 fully saturated rings. The third-order valence-electron chi connectivity index (χ3n) is 4.66. The zero-order valence-electron chi connectivity index (χ0n) is 14.0. The van der Waals surface area contributed by atoms with E-state index in [9.17, 15) is 4.79 Å². The lowest BCUT2D eigenvalue weighted by atomic mass is 9.90. The molecule has 0 aromatic heterocycles. The summed E-state index contributed by atoms with van der Waals surface area (Å²) < 4.78 is 0. The molecule has 0 unspecified atom stereocenters. The average molecular weight is 374 g/mol. The van der Waals surface area contributed by atoms with Crippen LogP contribution in [0.25, 0.3) is 6.08 Å². The van der Waals surface area contributed by atoms with Crippen LogP contribution in [-0.2, 0) is 11.2 Å². The molecule has 1 heterocycles. The highest BCUT2D eigenvalue weighted by Gasteiger charge is 2.21. The predicted octanol–water partition coefficient (Wildman–Crippen LogP) is 5.49. The molecule has 2 aromatic carbocycles. The van der Waals surface area contributed by atoms with Gasteiger partial charge >= 0.3 is 0 Å². The molecule has 3 rings (SSSR count). The minimum Gasteiger partial charge on any atom is -0.339 e. The maximum absolute atomic E-state index is 12.4. The third-order valence-corrected chi connectivity index (χ3v) is 5.39. The largest absolute Gasteiger partial charge is 0.339 e. The van der Waals surface area contributed by atoms with Gasteiger partial charge in [0.1, 0.15) is 0 Å². The number of benzene rings is 2. The van der Waals surface area contributed by atoms with Crippen LogP contribution in [0.3, 0.4) is 0 Å². The van der Waals surface area contributed by atoms with Crippen molar-refractivity contribution >= 4 is 35.2 Å². The number of halogens is 2. The quantitative estimate of drug-likeness (QED) is 0.649. The van der Waals surface area contributed by atoms with Gasteiger partial charge in [-0.1, -0.05) is 59.6 Å². The van der Waals surface area contributed by atoms with Gasteiger partial charge < -0.3 is 4.90 Å². The number of carbonyl (C=O) groups is 1. The van der Waals surface area contributed by atoms with E-state index >= 15 is 0 Å². The van der Waals surface area contributed by atoms with Crippen molar-refractivity contribution in [3.8, 4) is 0 Å². The molecule has 130 valence electrons. The van der Waals surface area contributed by atoms with Gasteiger partial charge in [-0.2, -0.15) is 0 Å². The van der Waals surface area contributed by atoms with Crippen LogP contribution >= 0.6 is 23.2 Å². The van der Waals surface area contributed by atoms with Crippen molar-refractivity contribution in [1.29, 1.82) is 0 Å². The lowest BCUT2D eigenvalue weighted by Crippen LogP contribution is -2.37. The number of amides is 1. The van der Waals surface area contributed by atoms with E-state index in [-0.39, 0.29) is 5.91 Å². The van der Waals surface area contributed by atoms with Crippen molar-refractivity contribution in [1.82, 2.24) is 4.90 Å². The minimum atomic E-state index is 0.0595. The molecule has 1 amide bonds. The van der Waals surface area contributed by atoms with Crippen LogP contribution < -0.4 is 0 Å². The number of hydrogen-bond acceptors (Lipinski definition) is 1. The molecule has 25 heavy (non-hydrogen) atoms. The number of likely N-dealkylation sites (tertiary alicyclic amines) is 1. The molecule has 1 aliphatic rings. The zero-order valence-corrected chi connectivity index (χ0v) is 15.5. The van der Waals surface area contributed by atoms with Crippen molar-refractivity contribution in [2.24, 2.45) is 5.92 Å². The van der Waals surface area contributed by atoms with Gasteiger partial charge in [-0.3, -0.25) is 4.79 Å². The maximum atomic E-state index is 12.4. The normalized spacial score (nSPS) is 15.7. The van der Waals surface area contributed by atoms with E-state index in [1.165, 1.54) is 5.56 Å². The minimum absolute atomic E-state index is 0.0595. The Labute approximate surface area is 159 Å². The topological polar surface area (TPSA) is 20.3 Å². The van der Waals surface area contributed by atoms with Crippen LogP contribution in [0.1, 0.15) is 24.0 Å². The summed E-state index contributed by atoms with van der Waals surface area (Å²) in [6.07, 6.45) is 6.63. The predicted molar refractivity (Wildman–Crippen MR) is 105 cm³/mol. The molecule has 0 saturated carbocycles. The van der Waals surface area contributed by atoms with E-state index in [0.717, 1.165) is 37.9 Å². The Hall–Kier alpha value is -1.77. The van der Waals surface area contributed by atoms with Crippen LogP contribution in [0, 0.1) is 5.92 Å². The number of nitrogens with zero attached hydrogens (tertiary/aromatic N) is 1. The molecular weight excluding hydrogens is 353 g/mol. The Morgan fingerprint density at radius 2 is 1.76 bits per heavy atom. The summed E-state index contributed by atoms with van der Waals surface area (Å²) in [5, 5.41) is 1.02. The fraction of sp³-hybridized carbons (Fsp3) is 0.286. The highest BCUT2D eigenvalue weighted by atomic mass is 35.5. The summed E-state index contributed by atoms with van der Waals surface area (Å²) >= 11 is 11.9. The number of carbonyl (C=O) groups excluding carboxylic acids is 1. The molecule has 0 aliphatic carbocycles. The Morgan fingerprint density at radius 3 is 2.44 bits per heavy atom. The van der Waals surface area contributed by atoms with Gasteiger partial charge in [0.05, 0.1) is 10.0 Å². The molecule has 1 aliphatic heterocycles. The van der Waals surface area contributed by atoms with E-state index in [0.29, 0.717) is 16.0 Å². The van der Waals surface area contributed by atoms with Crippen LogP contribution in [0.5, 0.6) is 0 Å². The van der Waals surface area contributed by atoms with Gasteiger partial charge in [-0.15, -0.1) is 0 Å². The van der Waals surface area contributed by atoms with Gasteiger partial charge in [0.25, 0.3) is 0 Å². The van der Waals surface area contributed by atoms with Crippen molar-refractivity contribution in [3.05, 3.63) is 75.8 Å². The number of piperidine rings is 1. The van der Waals surface area contributed by atoms with Crippen molar-refractivity contribution < 1.29 is 4.79 Å². The second-order valence-electron chi connectivity index (χ2n) is 6.47. The average Bonchev–Trinajstić information content (AvgIpc) is 2.64. The van der Waals surface area contributed by atoms with Crippen molar-refractivity contribution in [2.75, 3.05) is 13.1 Å². The molecule has 0 spiro atoms. The van der Waals surface area contributed by atoms with Gasteiger partial charge in [-0.25, -0.2) is 0 Å². The lowest BCUT2D eigenvalue weighted by Gasteiger charge is -2.31. The molecular formula is C21H21Cl2NO. The third kappa shape index (κ3) is 5.10. The summed E-state index contributed by atoms with van der Waals surface area (Å²) in [7, 11) is 0. The van der Waals surface area contributed by atoms with E-state index in [1.54, 1.807) is 24.3 Å². The van der Waals surface area contributed by atoms with E-state index < -0.39 is 0 Å². The first-order valence-electron chi connectivity index (χ1n) is 8.58. The van der Waals surface area contributed by atoms with E-state index in [1.807, 2.05) is 17.0 Å². The molecule has 2 aromatic rings. The maximum Gasteiger partial charge on any atom is 0.246 e. The Kier molecular flexibility index (Phi) is 6.17. The van der Waals surface area contributed by atoms with Gasteiger partial charge in [0, 0.05) is 19.2 Å². The summed E-state index contributed by atoms with van der Waals surface area (Å²) in [5.41, 5.74) is 2.26. The van der Waals surface area contributed by atoms with Gasteiger partial charge in [0.2, 0.25) is 5.91 Å². The Balaban J connectivity index is 1.51. The van der Waals surface area contributed by atoms with Crippen LogP contribution in [0.15, 0.2) is 54.6 Å². The second-order valence-corrected chi connectivity index (χ2v) is 7.28. The first kappa shape index (κ1) is 18.0. The first-order chi connectivity index (χ1) is 12.1. The second kappa shape index (κ2) is 8.55. The zero-order chi connectivity index (χ0) is 17.6. The van der Waals surface area contributed by atoms with Gasteiger partial charge in [-0.05, 0) is 54.5 Å². The van der Waals surface area contributed by atoms with Crippen molar-refractivity contribution in [2.45, 2.75) is 19.3 Å². The molecule has 0 atom stereocenters. The molecule has 1 saturated heterocycles. The number of hydrogen-bond donors (Lipinski definition) is 0. The molecule has 0 N–H and O–H groups in total. The van der Waals surface area contributed by atoms with Crippen LogP contribution in [0.2, 0.25) is 10.0 Å². The summed E-state index contributed by atoms with van der Waals surface area (Å²) in [6.45, 7) is 1.64. The molecule has 4 heteroatoms. The SMILES string of the molecule is O=C(/C=C/c1ccc(Cl)c(Cl)c1)N1CCC(Cc2ccccc2)CC1. The standard InChI is InChI=1S/C21H21Cl2NO/c22-19-8-6-17(15-20(19)23)7-9-21(25)24-12-10-18(11-13-24)14-16-4-2-1-3-5-16/h1-9,15,18H,10-14H2/b9-7+. The Morgan fingerprint density at radius 1 is 1.04 bits per heavy atom.